The van der Waals surface area contributed by atoms with Gasteiger partial charge in [0.25, 0.3) is 0 Å². The molecule has 0 saturated carbocycles. The van der Waals surface area contributed by atoms with E-state index >= 15 is 0 Å². The van der Waals surface area contributed by atoms with Crippen LogP contribution in [0.25, 0.3) is 0 Å². The Morgan fingerprint density at radius 2 is 2.13 bits per heavy atom. The summed E-state index contributed by atoms with van der Waals surface area (Å²) in [6.45, 7) is 4.73. The molecule has 0 aliphatic rings. The fraction of sp³-hybridized carbons (Fsp3) is 0.800. The van der Waals surface area contributed by atoms with Crippen LogP contribution in [-0.4, -0.2) is 35.2 Å². The van der Waals surface area contributed by atoms with Gasteiger partial charge in [0.2, 0.25) is 5.89 Å². The molecule has 2 unspecified atom stereocenters. The standard InChI is InChI=1S/C10H20N4O/c1-5-8(7(2)11)10-12-9(13-15-10)6-14(3)4/h7-8H,5-6,11H2,1-4H3. The van der Waals surface area contributed by atoms with Gasteiger partial charge in [0.15, 0.2) is 5.82 Å². The summed E-state index contributed by atoms with van der Waals surface area (Å²) < 4.78 is 5.21. The highest BCUT2D eigenvalue weighted by Gasteiger charge is 2.20. The van der Waals surface area contributed by atoms with Gasteiger partial charge in [0.05, 0.1) is 12.5 Å². The zero-order valence-electron chi connectivity index (χ0n) is 9.90. The van der Waals surface area contributed by atoms with Gasteiger partial charge in [-0.05, 0) is 27.4 Å². The molecule has 1 heterocycles. The third kappa shape index (κ3) is 3.28. The van der Waals surface area contributed by atoms with Crippen LogP contribution < -0.4 is 5.73 Å². The van der Waals surface area contributed by atoms with Crippen LogP contribution in [0, 0.1) is 0 Å². The van der Waals surface area contributed by atoms with Crippen molar-refractivity contribution in [3.05, 3.63) is 11.7 Å². The summed E-state index contributed by atoms with van der Waals surface area (Å²) in [4.78, 5) is 6.34. The molecule has 5 nitrogen and oxygen atoms in total. The van der Waals surface area contributed by atoms with Gasteiger partial charge in [0.1, 0.15) is 0 Å². The molecule has 0 aromatic carbocycles. The SMILES string of the molecule is CCC(c1nc(CN(C)C)no1)C(C)N. The van der Waals surface area contributed by atoms with E-state index in [1.165, 1.54) is 0 Å². The van der Waals surface area contributed by atoms with Gasteiger partial charge >= 0.3 is 0 Å². The number of hydrogen-bond acceptors (Lipinski definition) is 5. The maximum absolute atomic E-state index is 5.85. The molecule has 0 amide bonds. The van der Waals surface area contributed by atoms with Crippen LogP contribution in [0.4, 0.5) is 0 Å². The fourth-order valence-electron chi connectivity index (χ4n) is 1.54. The first-order valence-corrected chi connectivity index (χ1v) is 5.27. The van der Waals surface area contributed by atoms with Crippen LogP contribution >= 0.6 is 0 Å². The Balaban J connectivity index is 2.73. The van der Waals surface area contributed by atoms with E-state index in [0.717, 1.165) is 6.42 Å². The molecule has 2 atom stereocenters. The van der Waals surface area contributed by atoms with E-state index in [2.05, 4.69) is 17.1 Å². The van der Waals surface area contributed by atoms with Gasteiger partial charge < -0.3 is 15.2 Å². The Kier molecular flexibility index (Phi) is 4.23. The molecule has 0 saturated heterocycles. The van der Waals surface area contributed by atoms with Gasteiger partial charge in [-0.25, -0.2) is 0 Å². The van der Waals surface area contributed by atoms with Crippen LogP contribution in [0.1, 0.15) is 37.9 Å². The lowest BCUT2D eigenvalue weighted by molar-refractivity contribution is 0.322. The largest absolute Gasteiger partial charge is 0.339 e. The molecule has 0 spiro atoms. The number of hydrogen-bond donors (Lipinski definition) is 1. The fourth-order valence-corrected chi connectivity index (χ4v) is 1.54. The molecular weight excluding hydrogens is 192 g/mol. The lowest BCUT2D eigenvalue weighted by atomic mass is 9.99. The summed E-state index contributed by atoms with van der Waals surface area (Å²) >= 11 is 0. The number of rotatable bonds is 5. The van der Waals surface area contributed by atoms with Crippen LogP contribution in [-0.2, 0) is 6.54 Å². The molecule has 5 heteroatoms. The molecule has 15 heavy (non-hydrogen) atoms. The Morgan fingerprint density at radius 3 is 2.60 bits per heavy atom. The molecular formula is C10H20N4O. The number of nitrogens with zero attached hydrogens (tertiary/aromatic N) is 3. The first kappa shape index (κ1) is 12.1. The van der Waals surface area contributed by atoms with E-state index < -0.39 is 0 Å². The van der Waals surface area contributed by atoms with Crippen molar-refractivity contribution in [2.75, 3.05) is 14.1 Å². The number of nitrogens with two attached hydrogens (primary N) is 1. The smallest absolute Gasteiger partial charge is 0.231 e. The van der Waals surface area contributed by atoms with E-state index in [4.69, 9.17) is 10.3 Å². The Bertz CT molecular complexity index is 295. The minimum absolute atomic E-state index is 0.0441. The predicted octanol–water partition coefficient (Wildman–Crippen LogP) is 0.972. The summed E-state index contributed by atoms with van der Waals surface area (Å²) in [5, 5.41) is 3.92. The molecule has 86 valence electrons. The van der Waals surface area contributed by atoms with Crippen LogP contribution in [0.5, 0.6) is 0 Å². The molecule has 0 aliphatic heterocycles. The maximum Gasteiger partial charge on any atom is 0.231 e. The summed E-state index contributed by atoms with van der Waals surface area (Å²) in [7, 11) is 3.94. The lowest BCUT2D eigenvalue weighted by Crippen LogP contribution is -2.24. The lowest BCUT2D eigenvalue weighted by Gasteiger charge is -2.13. The van der Waals surface area contributed by atoms with Crippen molar-refractivity contribution in [2.24, 2.45) is 5.73 Å². The zero-order chi connectivity index (χ0) is 11.4. The van der Waals surface area contributed by atoms with Crippen molar-refractivity contribution in [3.8, 4) is 0 Å². The Morgan fingerprint density at radius 1 is 1.47 bits per heavy atom. The van der Waals surface area contributed by atoms with Gasteiger partial charge in [-0.2, -0.15) is 4.98 Å². The third-order valence-electron chi connectivity index (χ3n) is 2.33. The highest BCUT2D eigenvalue weighted by Crippen LogP contribution is 2.20. The van der Waals surface area contributed by atoms with Crippen LogP contribution in [0.3, 0.4) is 0 Å². The molecule has 1 rings (SSSR count). The molecule has 1 aromatic rings. The quantitative estimate of drug-likeness (QED) is 0.787. The maximum atomic E-state index is 5.85. The molecule has 0 bridgehead atoms. The minimum atomic E-state index is 0.0441. The van der Waals surface area contributed by atoms with Crippen molar-refractivity contribution < 1.29 is 4.52 Å². The van der Waals surface area contributed by atoms with Crippen LogP contribution in [0.15, 0.2) is 4.52 Å². The second-order valence-electron chi connectivity index (χ2n) is 4.16. The second-order valence-corrected chi connectivity index (χ2v) is 4.16. The van der Waals surface area contributed by atoms with E-state index in [0.29, 0.717) is 18.3 Å². The van der Waals surface area contributed by atoms with E-state index in [1.807, 2.05) is 25.9 Å². The van der Waals surface area contributed by atoms with E-state index in [1.54, 1.807) is 0 Å². The third-order valence-corrected chi connectivity index (χ3v) is 2.33. The highest BCUT2D eigenvalue weighted by atomic mass is 16.5. The molecule has 0 aliphatic carbocycles. The Hall–Kier alpha value is -0.940. The average molecular weight is 212 g/mol. The van der Waals surface area contributed by atoms with Crippen molar-refractivity contribution in [2.45, 2.75) is 38.8 Å². The second kappa shape index (κ2) is 5.23. The van der Waals surface area contributed by atoms with Crippen molar-refractivity contribution in [3.63, 3.8) is 0 Å². The minimum Gasteiger partial charge on any atom is -0.339 e. The first-order chi connectivity index (χ1) is 7.04. The van der Waals surface area contributed by atoms with E-state index in [-0.39, 0.29) is 12.0 Å². The van der Waals surface area contributed by atoms with E-state index in [9.17, 15) is 0 Å². The highest BCUT2D eigenvalue weighted by molar-refractivity contribution is 4.97. The molecule has 0 fully saturated rings. The zero-order valence-corrected chi connectivity index (χ0v) is 9.90. The predicted molar refractivity (Wildman–Crippen MR) is 58.4 cm³/mol. The molecule has 0 radical (unpaired) electrons. The Labute approximate surface area is 90.6 Å². The van der Waals surface area contributed by atoms with Gasteiger partial charge in [0, 0.05) is 6.04 Å². The molecule has 2 N–H and O–H groups in total. The van der Waals surface area contributed by atoms with Crippen molar-refractivity contribution in [1.29, 1.82) is 0 Å². The summed E-state index contributed by atoms with van der Waals surface area (Å²) in [5.41, 5.74) is 5.85. The summed E-state index contributed by atoms with van der Waals surface area (Å²) in [6.07, 6.45) is 0.918. The summed E-state index contributed by atoms with van der Waals surface area (Å²) in [5.74, 6) is 1.53. The average Bonchev–Trinajstić information content (AvgIpc) is 2.52. The number of aromatic nitrogens is 2. The van der Waals surface area contributed by atoms with Gasteiger partial charge in [-0.15, -0.1) is 0 Å². The van der Waals surface area contributed by atoms with Crippen molar-refractivity contribution >= 4 is 0 Å². The summed E-state index contributed by atoms with van der Waals surface area (Å²) in [6, 6.07) is 0.0441. The van der Waals surface area contributed by atoms with Crippen LogP contribution in [0.2, 0.25) is 0 Å². The normalized spacial score (nSPS) is 15.6. The van der Waals surface area contributed by atoms with Crippen molar-refractivity contribution in [1.82, 2.24) is 15.0 Å². The van der Waals surface area contributed by atoms with Gasteiger partial charge in [-0.3, -0.25) is 0 Å². The topological polar surface area (TPSA) is 68.2 Å². The first-order valence-electron chi connectivity index (χ1n) is 5.27. The monoisotopic (exact) mass is 212 g/mol. The molecule has 1 aromatic heterocycles. The van der Waals surface area contributed by atoms with Gasteiger partial charge in [-0.1, -0.05) is 12.1 Å².